The number of halogens is 1. The third kappa shape index (κ3) is 3.38. The zero-order valence-electron chi connectivity index (χ0n) is 15.8. The van der Waals surface area contributed by atoms with Crippen LogP contribution in [0.25, 0.3) is 0 Å². The van der Waals surface area contributed by atoms with Crippen LogP contribution in [0.4, 0.5) is 10.1 Å². The van der Waals surface area contributed by atoms with Crippen molar-refractivity contribution in [3.63, 3.8) is 0 Å². The molecule has 1 aromatic rings. The number of piperazine rings is 1. The average Bonchev–Trinajstić information content (AvgIpc) is 2.92. The van der Waals surface area contributed by atoms with Crippen LogP contribution in [0.1, 0.15) is 33.6 Å². The Morgan fingerprint density at radius 3 is 2.31 bits per heavy atom. The minimum atomic E-state index is -1.06. The minimum absolute atomic E-state index is 0.0382. The molecular formula is C19H22FN5O4. The van der Waals surface area contributed by atoms with E-state index in [0.29, 0.717) is 19.6 Å². The second kappa shape index (κ2) is 7.53. The monoisotopic (exact) mass is 403 g/mol. The van der Waals surface area contributed by atoms with Gasteiger partial charge in [-0.3, -0.25) is 34.3 Å². The van der Waals surface area contributed by atoms with Gasteiger partial charge in [0.05, 0.1) is 16.8 Å². The molecule has 2 saturated heterocycles. The Labute approximate surface area is 166 Å². The van der Waals surface area contributed by atoms with Gasteiger partial charge in [0.2, 0.25) is 11.8 Å². The van der Waals surface area contributed by atoms with E-state index in [1.54, 1.807) is 0 Å². The van der Waals surface area contributed by atoms with Gasteiger partial charge in [-0.25, -0.2) is 4.39 Å². The van der Waals surface area contributed by atoms with Gasteiger partial charge >= 0.3 is 0 Å². The second-order valence-corrected chi connectivity index (χ2v) is 7.41. The summed E-state index contributed by atoms with van der Waals surface area (Å²) in [7, 11) is 0. The van der Waals surface area contributed by atoms with E-state index in [1.807, 2.05) is 4.90 Å². The van der Waals surface area contributed by atoms with Gasteiger partial charge in [-0.1, -0.05) is 0 Å². The number of rotatable bonds is 4. The minimum Gasteiger partial charge on any atom is -0.367 e. The number of nitrogens with one attached hydrogen (secondary N) is 1. The molecule has 3 N–H and O–H groups in total. The second-order valence-electron chi connectivity index (χ2n) is 7.41. The Bertz CT molecular complexity index is 897. The van der Waals surface area contributed by atoms with Crippen molar-refractivity contribution < 1.29 is 23.6 Å². The Morgan fingerprint density at radius 1 is 1.03 bits per heavy atom. The number of carbonyl (C=O) groups is 4. The Kier molecular flexibility index (Phi) is 5.05. The van der Waals surface area contributed by atoms with Crippen LogP contribution < -0.4 is 16.0 Å². The molecule has 0 aliphatic carbocycles. The molecule has 154 valence electrons. The first-order valence-corrected chi connectivity index (χ1v) is 9.63. The van der Waals surface area contributed by atoms with Gasteiger partial charge in [-0.2, -0.15) is 0 Å². The van der Waals surface area contributed by atoms with Gasteiger partial charge in [0.25, 0.3) is 11.8 Å². The number of amides is 4. The van der Waals surface area contributed by atoms with Crippen molar-refractivity contribution in [3.05, 3.63) is 29.1 Å². The molecule has 0 bridgehead atoms. The maximum atomic E-state index is 14.8. The molecule has 10 heteroatoms. The topological polar surface area (TPSA) is 116 Å². The van der Waals surface area contributed by atoms with E-state index in [1.165, 1.54) is 6.07 Å². The number of hydrogen-bond acceptors (Lipinski definition) is 7. The number of nitrogens with zero attached hydrogens (tertiary/aromatic N) is 3. The third-order valence-electron chi connectivity index (χ3n) is 5.67. The summed E-state index contributed by atoms with van der Waals surface area (Å²) < 4.78 is 14.8. The average molecular weight is 403 g/mol. The van der Waals surface area contributed by atoms with Gasteiger partial charge in [0.15, 0.2) is 0 Å². The number of fused-ring (bicyclic) bond motifs is 1. The first-order chi connectivity index (χ1) is 13.9. The molecule has 29 heavy (non-hydrogen) atoms. The molecule has 0 radical (unpaired) electrons. The molecule has 0 saturated carbocycles. The van der Waals surface area contributed by atoms with E-state index in [-0.39, 0.29) is 29.7 Å². The lowest BCUT2D eigenvalue weighted by Crippen LogP contribution is -2.54. The first kappa shape index (κ1) is 19.5. The highest BCUT2D eigenvalue weighted by molar-refractivity contribution is 6.23. The van der Waals surface area contributed by atoms with Gasteiger partial charge in [0.1, 0.15) is 11.9 Å². The molecule has 4 amide bonds. The summed E-state index contributed by atoms with van der Waals surface area (Å²) in [6.45, 7) is 3.93. The molecule has 0 spiro atoms. The van der Waals surface area contributed by atoms with Crippen LogP contribution in [0.5, 0.6) is 0 Å². The number of carbonyl (C=O) groups excluding carboxylic acids is 4. The fourth-order valence-electron chi connectivity index (χ4n) is 4.12. The smallest absolute Gasteiger partial charge is 0.262 e. The lowest BCUT2D eigenvalue weighted by molar-refractivity contribution is -0.136. The maximum Gasteiger partial charge on any atom is 0.262 e. The van der Waals surface area contributed by atoms with Crippen LogP contribution in [0.15, 0.2) is 12.1 Å². The van der Waals surface area contributed by atoms with E-state index < -0.39 is 35.5 Å². The van der Waals surface area contributed by atoms with Crippen molar-refractivity contribution in [2.75, 3.05) is 44.2 Å². The lowest BCUT2D eigenvalue weighted by atomic mass is 10.0. The highest BCUT2D eigenvalue weighted by Crippen LogP contribution is 2.33. The summed E-state index contributed by atoms with van der Waals surface area (Å²) in [5, 5.41) is 2.14. The van der Waals surface area contributed by atoms with Crippen molar-refractivity contribution in [2.45, 2.75) is 18.9 Å². The van der Waals surface area contributed by atoms with Crippen LogP contribution >= 0.6 is 0 Å². The third-order valence-corrected chi connectivity index (χ3v) is 5.67. The number of piperidine rings is 1. The summed E-state index contributed by atoms with van der Waals surface area (Å²) in [4.78, 5) is 54.0. The Morgan fingerprint density at radius 2 is 1.69 bits per heavy atom. The van der Waals surface area contributed by atoms with E-state index in [9.17, 15) is 23.6 Å². The van der Waals surface area contributed by atoms with Crippen molar-refractivity contribution in [3.8, 4) is 0 Å². The molecule has 1 aromatic carbocycles. The van der Waals surface area contributed by atoms with Crippen LogP contribution in [0.2, 0.25) is 0 Å². The number of imide groups is 2. The summed E-state index contributed by atoms with van der Waals surface area (Å²) >= 11 is 0. The van der Waals surface area contributed by atoms with Crippen molar-refractivity contribution in [1.82, 2.24) is 15.1 Å². The van der Waals surface area contributed by atoms with Crippen LogP contribution in [0.3, 0.4) is 0 Å². The zero-order chi connectivity index (χ0) is 20.7. The van der Waals surface area contributed by atoms with Gasteiger partial charge in [-0.05, 0) is 18.6 Å². The molecule has 3 aliphatic heterocycles. The largest absolute Gasteiger partial charge is 0.367 e. The summed E-state index contributed by atoms with van der Waals surface area (Å²) in [5.74, 6) is -3.06. The van der Waals surface area contributed by atoms with Crippen LogP contribution in [-0.4, -0.2) is 78.7 Å². The molecule has 2 fully saturated rings. The summed E-state index contributed by atoms with van der Waals surface area (Å²) in [6, 6.07) is 1.41. The fraction of sp³-hybridized carbons (Fsp3) is 0.474. The molecule has 3 aliphatic rings. The molecule has 1 atom stereocenters. The zero-order valence-corrected chi connectivity index (χ0v) is 15.8. The van der Waals surface area contributed by atoms with Crippen molar-refractivity contribution >= 4 is 29.3 Å². The quantitative estimate of drug-likeness (QED) is 0.639. The number of anilines is 1. The predicted octanol–water partition coefficient (Wildman–Crippen LogP) is -0.692. The van der Waals surface area contributed by atoms with E-state index in [4.69, 9.17) is 5.73 Å². The van der Waals surface area contributed by atoms with Crippen molar-refractivity contribution in [1.29, 1.82) is 0 Å². The van der Waals surface area contributed by atoms with Crippen molar-refractivity contribution in [2.24, 2.45) is 5.73 Å². The highest BCUT2D eigenvalue weighted by Gasteiger charge is 2.45. The molecule has 0 aromatic heterocycles. The molecule has 9 nitrogen and oxygen atoms in total. The Hall–Kier alpha value is -2.85. The highest BCUT2D eigenvalue weighted by atomic mass is 19.1. The Balaban J connectivity index is 1.58. The van der Waals surface area contributed by atoms with Gasteiger partial charge in [-0.15, -0.1) is 0 Å². The molecular weight excluding hydrogens is 381 g/mol. The normalized spacial score (nSPS) is 22.9. The van der Waals surface area contributed by atoms with E-state index in [2.05, 4.69) is 10.2 Å². The van der Waals surface area contributed by atoms with E-state index >= 15 is 0 Å². The number of hydrogen-bond donors (Lipinski definition) is 2. The number of benzene rings is 1. The SMILES string of the molecule is NCCN1CCN(c2cc3c(cc2F)C(=O)N(C2CCC(=O)NC2=O)C3=O)CC1. The fourth-order valence-corrected chi connectivity index (χ4v) is 4.12. The van der Waals surface area contributed by atoms with Gasteiger partial charge in [0, 0.05) is 45.7 Å². The summed E-state index contributed by atoms with van der Waals surface area (Å²) in [6.07, 6.45) is 0.102. The maximum absolute atomic E-state index is 14.8. The number of nitrogens with two attached hydrogens (primary N) is 1. The van der Waals surface area contributed by atoms with Crippen LogP contribution in [0, 0.1) is 5.82 Å². The lowest BCUT2D eigenvalue weighted by Gasteiger charge is -2.36. The summed E-state index contributed by atoms with van der Waals surface area (Å²) in [5.41, 5.74) is 5.87. The van der Waals surface area contributed by atoms with Crippen LogP contribution in [-0.2, 0) is 9.59 Å². The van der Waals surface area contributed by atoms with Gasteiger partial charge < -0.3 is 10.6 Å². The van der Waals surface area contributed by atoms with E-state index in [0.717, 1.165) is 30.6 Å². The molecule has 3 heterocycles. The molecule has 4 rings (SSSR count). The predicted molar refractivity (Wildman–Crippen MR) is 101 cm³/mol. The standard InChI is InChI=1S/C19H22FN5O4/c20-13-9-11-12(10-15(13)24-7-5-23(4-3-21)6-8-24)19(29)25(18(11)28)14-1-2-16(26)22-17(14)27/h9-10,14H,1-8,21H2,(H,22,26,27). The molecule has 1 unspecified atom stereocenters. The first-order valence-electron chi connectivity index (χ1n) is 9.63.